The van der Waals surface area contributed by atoms with Crippen molar-refractivity contribution in [3.8, 4) is 0 Å². The lowest BCUT2D eigenvalue weighted by molar-refractivity contribution is 0.00788. The molecule has 3 rings (SSSR count). The maximum atomic E-state index is 14.2. The van der Waals surface area contributed by atoms with Crippen LogP contribution in [0.25, 0.3) is 0 Å². The van der Waals surface area contributed by atoms with E-state index in [-0.39, 0.29) is 23.9 Å². The quantitative estimate of drug-likeness (QED) is 0.217. The number of hydrogen-bond donors (Lipinski definition) is 0. The number of methoxy groups -OCH3 is 1. The van der Waals surface area contributed by atoms with Gasteiger partial charge in [0, 0.05) is 18.4 Å². The Morgan fingerprint density at radius 2 is 1.69 bits per heavy atom. The van der Waals surface area contributed by atoms with Crippen LogP contribution in [0.15, 0.2) is 71.4 Å². The van der Waals surface area contributed by atoms with Crippen LogP contribution < -0.4 is 0 Å². The maximum Gasteiger partial charge on any atom is 0.192 e. The average Bonchev–Trinajstić information content (AvgIpc) is 2.79. The van der Waals surface area contributed by atoms with Crippen molar-refractivity contribution in [2.75, 3.05) is 13.9 Å². The summed E-state index contributed by atoms with van der Waals surface area (Å²) in [5, 5.41) is -0.621. The van der Waals surface area contributed by atoms with E-state index in [1.807, 2.05) is 18.2 Å². The fourth-order valence-electron chi connectivity index (χ4n) is 4.78. The van der Waals surface area contributed by atoms with Crippen molar-refractivity contribution in [2.45, 2.75) is 82.3 Å². The molecule has 5 nitrogen and oxygen atoms in total. The number of sulfone groups is 1. The summed E-state index contributed by atoms with van der Waals surface area (Å²) in [5.41, 5.74) is -0.930. The van der Waals surface area contributed by atoms with Crippen LogP contribution in [0.2, 0.25) is 18.1 Å². The topological polar surface area (TPSA) is 61.8 Å². The van der Waals surface area contributed by atoms with Crippen molar-refractivity contribution < 1.29 is 22.3 Å². The number of hydrogen-bond acceptors (Lipinski definition) is 5. The van der Waals surface area contributed by atoms with Gasteiger partial charge < -0.3 is 13.9 Å². The third kappa shape index (κ3) is 5.90. The van der Waals surface area contributed by atoms with E-state index in [9.17, 15) is 8.42 Å². The van der Waals surface area contributed by atoms with E-state index in [4.69, 9.17) is 13.9 Å². The molecule has 2 aliphatic carbocycles. The first kappa shape index (κ1) is 28.9. The molecule has 1 aromatic carbocycles. The van der Waals surface area contributed by atoms with E-state index >= 15 is 0 Å². The highest BCUT2D eigenvalue weighted by Crippen LogP contribution is 2.50. The standard InChI is InChI=1S/C29H44O5SSi/c1-27(2,3)36(8,9)34-26-16-18-29(6)17-15-22(33-21-32-7)19-24(29)25(20-28(26,4)5)35(30,31)23-13-11-10-12-14-23/h10-19,24-26H,20-21H2,1-9H3/t24-,25-,26+,29+/m0/s1. The largest absolute Gasteiger partial charge is 0.468 e. The van der Waals surface area contributed by atoms with Gasteiger partial charge >= 0.3 is 0 Å². The summed E-state index contributed by atoms with van der Waals surface area (Å²) in [5.74, 6) is 0.317. The van der Waals surface area contributed by atoms with Gasteiger partial charge in [-0.1, -0.05) is 78.0 Å². The number of rotatable bonds is 7. The average molecular weight is 533 g/mol. The van der Waals surface area contributed by atoms with Gasteiger partial charge in [0.15, 0.2) is 24.9 Å². The van der Waals surface area contributed by atoms with Gasteiger partial charge in [-0.05, 0) is 54.3 Å². The first-order valence-corrected chi connectivity index (χ1v) is 17.2. The van der Waals surface area contributed by atoms with Gasteiger partial charge in [0.05, 0.1) is 16.2 Å². The highest BCUT2D eigenvalue weighted by Gasteiger charge is 2.50. The molecule has 0 radical (unpaired) electrons. The lowest BCUT2D eigenvalue weighted by Gasteiger charge is -2.48. The molecular formula is C29H44O5SSi. The second-order valence-corrected chi connectivity index (χ2v) is 19.5. The maximum absolute atomic E-state index is 14.2. The summed E-state index contributed by atoms with van der Waals surface area (Å²) < 4.78 is 46.3. The molecule has 0 spiro atoms. The van der Waals surface area contributed by atoms with Gasteiger partial charge in [-0.15, -0.1) is 0 Å². The Bertz CT molecular complexity index is 1110. The van der Waals surface area contributed by atoms with Crippen LogP contribution in [0.5, 0.6) is 0 Å². The number of ether oxygens (including phenoxy) is 2. The lowest BCUT2D eigenvalue weighted by Crippen LogP contribution is -2.51. The normalized spacial score (nSPS) is 28.6. The first-order chi connectivity index (χ1) is 16.5. The van der Waals surface area contributed by atoms with Crippen LogP contribution in [-0.4, -0.2) is 42.0 Å². The van der Waals surface area contributed by atoms with Crippen molar-refractivity contribution in [1.82, 2.24) is 0 Å². The SMILES string of the molecule is COCOC1=C[C@H]2[C@@H](S(=O)(=O)c3ccccc3)CC(C)(C)[C@H](O[Si](C)(C)C(C)(C)C)C=C[C@@]2(C)C=C1. The molecule has 0 heterocycles. The molecule has 200 valence electrons. The highest BCUT2D eigenvalue weighted by atomic mass is 32.2. The molecule has 0 N–H and O–H groups in total. The molecule has 0 unspecified atom stereocenters. The number of fused-ring (bicyclic) bond motifs is 1. The molecule has 0 fully saturated rings. The molecule has 0 amide bonds. The lowest BCUT2D eigenvalue weighted by atomic mass is 9.66. The predicted molar refractivity (Wildman–Crippen MR) is 149 cm³/mol. The molecule has 0 aromatic heterocycles. The molecule has 0 saturated heterocycles. The first-order valence-electron chi connectivity index (χ1n) is 12.7. The third-order valence-electron chi connectivity index (χ3n) is 8.24. The molecule has 4 atom stereocenters. The van der Waals surface area contributed by atoms with Gasteiger partial charge in [0.1, 0.15) is 5.76 Å². The van der Waals surface area contributed by atoms with Gasteiger partial charge in [-0.2, -0.15) is 0 Å². The van der Waals surface area contributed by atoms with E-state index in [0.717, 1.165) is 0 Å². The molecule has 2 aliphatic rings. The van der Waals surface area contributed by atoms with Crippen molar-refractivity contribution >= 4 is 18.2 Å². The fraction of sp³-hybridized carbons (Fsp3) is 0.586. The van der Waals surface area contributed by atoms with Crippen molar-refractivity contribution in [3.05, 3.63) is 66.5 Å². The summed E-state index contributed by atoms with van der Waals surface area (Å²) in [6, 6.07) is 8.81. The Morgan fingerprint density at radius 3 is 2.28 bits per heavy atom. The summed E-state index contributed by atoms with van der Waals surface area (Å²) >= 11 is 0. The van der Waals surface area contributed by atoms with E-state index < -0.39 is 34.2 Å². The van der Waals surface area contributed by atoms with Crippen LogP contribution >= 0.6 is 0 Å². The van der Waals surface area contributed by atoms with Crippen molar-refractivity contribution in [1.29, 1.82) is 0 Å². The second-order valence-electron chi connectivity index (χ2n) is 12.6. The molecule has 0 aliphatic heterocycles. The molecular weight excluding hydrogens is 488 g/mol. The Morgan fingerprint density at radius 1 is 1.06 bits per heavy atom. The fourth-order valence-corrected chi connectivity index (χ4v) is 8.46. The zero-order valence-corrected chi connectivity index (χ0v) is 25.2. The molecule has 36 heavy (non-hydrogen) atoms. The van der Waals surface area contributed by atoms with Crippen LogP contribution in [0.1, 0.15) is 48.0 Å². The Kier molecular flexibility index (Phi) is 8.22. The van der Waals surface area contributed by atoms with Crippen LogP contribution in [0.3, 0.4) is 0 Å². The Labute approximate surface area is 219 Å². The third-order valence-corrected chi connectivity index (χ3v) is 14.9. The second kappa shape index (κ2) is 10.2. The minimum Gasteiger partial charge on any atom is -0.468 e. The molecule has 0 saturated carbocycles. The van der Waals surface area contributed by atoms with Crippen LogP contribution in [0, 0.1) is 16.7 Å². The number of benzene rings is 1. The molecule has 0 bridgehead atoms. The van der Waals surface area contributed by atoms with Crippen LogP contribution in [0.4, 0.5) is 0 Å². The van der Waals surface area contributed by atoms with Gasteiger partial charge in [0.25, 0.3) is 0 Å². The summed E-state index contributed by atoms with van der Waals surface area (Å²) in [6.45, 7) is 17.7. The van der Waals surface area contributed by atoms with E-state index in [0.29, 0.717) is 17.1 Å². The molecule has 7 heteroatoms. The van der Waals surface area contributed by atoms with Gasteiger partial charge in [-0.25, -0.2) is 8.42 Å². The minimum atomic E-state index is -3.66. The smallest absolute Gasteiger partial charge is 0.192 e. The minimum absolute atomic E-state index is 0.0440. The van der Waals surface area contributed by atoms with Crippen molar-refractivity contribution in [2.24, 2.45) is 16.7 Å². The Balaban J connectivity index is 2.16. The van der Waals surface area contributed by atoms with E-state index in [1.165, 1.54) is 0 Å². The van der Waals surface area contributed by atoms with Gasteiger partial charge in [-0.3, -0.25) is 0 Å². The Hall–Kier alpha value is -1.67. The molecule has 1 aromatic rings. The van der Waals surface area contributed by atoms with E-state index in [2.05, 4.69) is 72.9 Å². The van der Waals surface area contributed by atoms with Crippen molar-refractivity contribution in [3.63, 3.8) is 0 Å². The highest BCUT2D eigenvalue weighted by molar-refractivity contribution is 7.92. The van der Waals surface area contributed by atoms with E-state index in [1.54, 1.807) is 31.4 Å². The zero-order valence-electron chi connectivity index (χ0n) is 23.4. The summed E-state index contributed by atoms with van der Waals surface area (Å²) in [4.78, 5) is 0.349. The number of allylic oxidation sites excluding steroid dienone is 4. The summed E-state index contributed by atoms with van der Waals surface area (Å²) in [7, 11) is -4.20. The predicted octanol–water partition coefficient (Wildman–Crippen LogP) is 6.90. The summed E-state index contributed by atoms with van der Waals surface area (Å²) in [6.07, 6.45) is 10.5. The van der Waals surface area contributed by atoms with Gasteiger partial charge in [0.2, 0.25) is 0 Å². The van der Waals surface area contributed by atoms with Crippen LogP contribution in [-0.2, 0) is 23.7 Å². The monoisotopic (exact) mass is 532 g/mol. The zero-order chi connectivity index (χ0) is 27.0.